The average Bonchev–Trinajstić information content (AvgIpc) is 2.46. The van der Waals surface area contributed by atoms with Gasteiger partial charge in [0, 0.05) is 6.07 Å². The Morgan fingerprint density at radius 3 is 2.11 bits per heavy atom. The van der Waals surface area contributed by atoms with E-state index in [0.717, 1.165) is 11.1 Å². The van der Waals surface area contributed by atoms with Crippen molar-refractivity contribution in [3.8, 4) is 22.6 Å². The lowest BCUT2D eigenvalue weighted by molar-refractivity contribution is 0.0697. The predicted molar refractivity (Wildman–Crippen MR) is 71.9 cm³/mol. The van der Waals surface area contributed by atoms with E-state index in [9.17, 15) is 4.79 Å². The normalized spacial score (nSPS) is 10.0. The molecule has 2 aromatic carbocycles. The van der Waals surface area contributed by atoms with Crippen molar-refractivity contribution in [3.05, 3.63) is 48.0 Å². The summed E-state index contributed by atoms with van der Waals surface area (Å²) in [7, 11) is 3.15. The number of ether oxygens (including phenoxy) is 2. The van der Waals surface area contributed by atoms with Gasteiger partial charge in [0.15, 0.2) is 0 Å². The van der Waals surface area contributed by atoms with Crippen molar-refractivity contribution in [1.29, 1.82) is 0 Å². The third kappa shape index (κ3) is 2.85. The van der Waals surface area contributed by atoms with Crippen LogP contribution in [0.15, 0.2) is 42.5 Å². The first-order chi connectivity index (χ1) is 9.13. The van der Waals surface area contributed by atoms with Crippen molar-refractivity contribution in [2.75, 3.05) is 14.2 Å². The van der Waals surface area contributed by atoms with Crippen molar-refractivity contribution in [1.82, 2.24) is 0 Å². The van der Waals surface area contributed by atoms with E-state index in [0.29, 0.717) is 11.5 Å². The molecule has 0 unspecified atom stereocenters. The minimum Gasteiger partial charge on any atom is -0.497 e. The molecule has 0 aromatic heterocycles. The molecule has 98 valence electrons. The van der Waals surface area contributed by atoms with Crippen LogP contribution in [0.3, 0.4) is 0 Å². The Bertz CT molecular complexity index is 583. The van der Waals surface area contributed by atoms with E-state index in [4.69, 9.17) is 14.6 Å². The molecule has 0 amide bonds. The van der Waals surface area contributed by atoms with Crippen molar-refractivity contribution in [3.63, 3.8) is 0 Å². The Labute approximate surface area is 111 Å². The summed E-state index contributed by atoms with van der Waals surface area (Å²) in [6.45, 7) is 0. The van der Waals surface area contributed by atoms with Crippen LogP contribution >= 0.6 is 0 Å². The number of carboxylic acids is 1. The largest absolute Gasteiger partial charge is 0.497 e. The fourth-order valence-corrected chi connectivity index (χ4v) is 1.81. The lowest BCUT2D eigenvalue weighted by atomic mass is 10.0. The second kappa shape index (κ2) is 5.44. The molecule has 0 fully saturated rings. The van der Waals surface area contributed by atoms with E-state index in [1.807, 2.05) is 18.2 Å². The van der Waals surface area contributed by atoms with Gasteiger partial charge in [-0.3, -0.25) is 0 Å². The number of aromatic carboxylic acids is 1. The summed E-state index contributed by atoms with van der Waals surface area (Å²) >= 11 is 0. The van der Waals surface area contributed by atoms with Crippen molar-refractivity contribution < 1.29 is 19.4 Å². The van der Waals surface area contributed by atoms with Crippen LogP contribution in [-0.2, 0) is 0 Å². The summed E-state index contributed by atoms with van der Waals surface area (Å²) in [6, 6.07) is 12.2. The van der Waals surface area contributed by atoms with Crippen LogP contribution in [0.4, 0.5) is 0 Å². The number of methoxy groups -OCH3 is 2. The molecule has 0 bridgehead atoms. The standard InChI is InChI=1S/C15H14O4/c1-18-13-7-12(8-14(9-13)19-2)10-4-3-5-11(6-10)15(16)17/h3-9H,1-2H3,(H,16,17). The van der Waals surface area contributed by atoms with Gasteiger partial charge in [0.05, 0.1) is 19.8 Å². The number of rotatable bonds is 4. The Kier molecular flexibility index (Phi) is 3.71. The molecule has 0 spiro atoms. The lowest BCUT2D eigenvalue weighted by Gasteiger charge is -2.09. The first kappa shape index (κ1) is 13.0. The van der Waals surface area contributed by atoms with E-state index in [2.05, 4.69) is 0 Å². The molecule has 4 heteroatoms. The Morgan fingerprint density at radius 2 is 1.58 bits per heavy atom. The highest BCUT2D eigenvalue weighted by Crippen LogP contribution is 2.30. The van der Waals surface area contributed by atoms with E-state index in [1.165, 1.54) is 0 Å². The van der Waals surface area contributed by atoms with E-state index >= 15 is 0 Å². The first-order valence-electron chi connectivity index (χ1n) is 5.71. The molecule has 1 N–H and O–H groups in total. The van der Waals surface area contributed by atoms with Crippen molar-refractivity contribution in [2.45, 2.75) is 0 Å². The zero-order valence-corrected chi connectivity index (χ0v) is 10.7. The van der Waals surface area contributed by atoms with E-state index in [-0.39, 0.29) is 5.56 Å². The van der Waals surface area contributed by atoms with Gasteiger partial charge in [-0.15, -0.1) is 0 Å². The van der Waals surface area contributed by atoms with Gasteiger partial charge in [0.1, 0.15) is 11.5 Å². The molecular formula is C15H14O4. The number of hydrogen-bond donors (Lipinski definition) is 1. The van der Waals surface area contributed by atoms with Crippen LogP contribution in [0, 0.1) is 0 Å². The topological polar surface area (TPSA) is 55.8 Å². The molecule has 0 saturated heterocycles. The van der Waals surface area contributed by atoms with Crippen LogP contribution in [-0.4, -0.2) is 25.3 Å². The number of carboxylic acid groups (broad SMARTS) is 1. The summed E-state index contributed by atoms with van der Waals surface area (Å²) in [5.41, 5.74) is 1.90. The molecular weight excluding hydrogens is 244 g/mol. The molecule has 2 aromatic rings. The molecule has 19 heavy (non-hydrogen) atoms. The van der Waals surface area contributed by atoms with Gasteiger partial charge >= 0.3 is 5.97 Å². The summed E-state index contributed by atoms with van der Waals surface area (Å²) < 4.78 is 10.4. The van der Waals surface area contributed by atoms with Gasteiger partial charge in [-0.25, -0.2) is 4.79 Å². The monoisotopic (exact) mass is 258 g/mol. The van der Waals surface area contributed by atoms with Crippen LogP contribution in [0.5, 0.6) is 11.5 Å². The van der Waals surface area contributed by atoms with Crippen LogP contribution in [0.2, 0.25) is 0 Å². The smallest absolute Gasteiger partial charge is 0.335 e. The molecule has 0 heterocycles. The highest BCUT2D eigenvalue weighted by molar-refractivity contribution is 5.89. The average molecular weight is 258 g/mol. The number of carbonyl (C=O) groups is 1. The van der Waals surface area contributed by atoms with Gasteiger partial charge < -0.3 is 14.6 Å². The lowest BCUT2D eigenvalue weighted by Crippen LogP contribution is -1.96. The number of benzene rings is 2. The van der Waals surface area contributed by atoms with Gasteiger partial charge in [-0.2, -0.15) is 0 Å². The fourth-order valence-electron chi connectivity index (χ4n) is 1.81. The Morgan fingerprint density at radius 1 is 0.947 bits per heavy atom. The third-order valence-electron chi connectivity index (χ3n) is 2.79. The minimum atomic E-state index is -0.947. The molecule has 0 saturated carbocycles. The highest BCUT2D eigenvalue weighted by atomic mass is 16.5. The van der Waals surface area contributed by atoms with Gasteiger partial charge in [-0.1, -0.05) is 12.1 Å². The summed E-state index contributed by atoms with van der Waals surface area (Å²) in [6.07, 6.45) is 0. The van der Waals surface area contributed by atoms with Crippen molar-refractivity contribution in [2.24, 2.45) is 0 Å². The molecule has 0 aliphatic carbocycles. The summed E-state index contributed by atoms with van der Waals surface area (Å²) in [5.74, 6) is 0.377. The molecule has 4 nitrogen and oxygen atoms in total. The molecule has 0 radical (unpaired) electrons. The van der Waals surface area contributed by atoms with E-state index in [1.54, 1.807) is 38.5 Å². The Hall–Kier alpha value is -2.49. The maximum absolute atomic E-state index is 11.0. The van der Waals surface area contributed by atoms with Crippen LogP contribution in [0.25, 0.3) is 11.1 Å². The molecule has 0 atom stereocenters. The predicted octanol–water partition coefficient (Wildman–Crippen LogP) is 3.07. The zero-order valence-electron chi connectivity index (χ0n) is 10.7. The van der Waals surface area contributed by atoms with Crippen LogP contribution < -0.4 is 9.47 Å². The maximum Gasteiger partial charge on any atom is 0.335 e. The Balaban J connectivity index is 2.51. The molecule has 2 rings (SSSR count). The number of hydrogen-bond acceptors (Lipinski definition) is 3. The fraction of sp³-hybridized carbons (Fsp3) is 0.133. The minimum absolute atomic E-state index is 0.249. The summed E-state index contributed by atoms with van der Waals surface area (Å²) in [5, 5.41) is 9.01. The quantitative estimate of drug-likeness (QED) is 0.915. The van der Waals surface area contributed by atoms with Gasteiger partial charge in [-0.05, 0) is 35.4 Å². The van der Waals surface area contributed by atoms with Crippen molar-refractivity contribution >= 4 is 5.97 Å². The van der Waals surface area contributed by atoms with Gasteiger partial charge in [0.2, 0.25) is 0 Å². The van der Waals surface area contributed by atoms with Gasteiger partial charge in [0.25, 0.3) is 0 Å². The molecule has 0 aliphatic heterocycles. The first-order valence-corrected chi connectivity index (χ1v) is 5.71. The second-order valence-corrected chi connectivity index (χ2v) is 3.99. The second-order valence-electron chi connectivity index (χ2n) is 3.99. The SMILES string of the molecule is COc1cc(OC)cc(-c2cccc(C(=O)O)c2)c1. The summed E-state index contributed by atoms with van der Waals surface area (Å²) in [4.78, 5) is 11.0. The zero-order chi connectivity index (χ0) is 13.8. The maximum atomic E-state index is 11.0. The highest BCUT2D eigenvalue weighted by Gasteiger charge is 2.07. The van der Waals surface area contributed by atoms with Crippen LogP contribution in [0.1, 0.15) is 10.4 Å². The molecule has 0 aliphatic rings. The third-order valence-corrected chi connectivity index (χ3v) is 2.79. The van der Waals surface area contributed by atoms with E-state index < -0.39 is 5.97 Å².